The Bertz CT molecular complexity index is 692. The van der Waals surface area contributed by atoms with Gasteiger partial charge in [0.05, 0.1) is 7.11 Å². The molecule has 0 bridgehead atoms. The van der Waals surface area contributed by atoms with Gasteiger partial charge >= 0.3 is 6.03 Å². The molecule has 0 radical (unpaired) electrons. The maximum absolute atomic E-state index is 12.4. The van der Waals surface area contributed by atoms with Crippen molar-refractivity contribution < 1.29 is 9.53 Å². The first-order valence-corrected chi connectivity index (χ1v) is 8.18. The molecule has 2 amide bonds. The number of ether oxygens (including phenoxy) is 1. The summed E-state index contributed by atoms with van der Waals surface area (Å²) in [7, 11) is 1.63. The number of rotatable bonds is 3. The molecule has 24 heavy (non-hydrogen) atoms. The molecule has 2 aromatic carbocycles. The lowest BCUT2D eigenvalue weighted by molar-refractivity contribution is 0.208. The van der Waals surface area contributed by atoms with Gasteiger partial charge in [-0.05, 0) is 42.8 Å². The average molecular weight is 325 g/mol. The van der Waals surface area contributed by atoms with Crippen molar-refractivity contribution in [3.05, 3.63) is 54.1 Å². The summed E-state index contributed by atoms with van der Waals surface area (Å²) in [4.78, 5) is 16.6. The molecule has 2 aromatic rings. The second-order valence-corrected chi connectivity index (χ2v) is 5.92. The van der Waals surface area contributed by atoms with Crippen LogP contribution in [0.15, 0.2) is 48.5 Å². The molecule has 5 nitrogen and oxygen atoms in total. The van der Waals surface area contributed by atoms with E-state index in [4.69, 9.17) is 4.74 Å². The van der Waals surface area contributed by atoms with Crippen LogP contribution >= 0.6 is 0 Å². The Kier molecular flexibility index (Phi) is 4.89. The highest BCUT2D eigenvalue weighted by atomic mass is 16.5. The Morgan fingerprint density at radius 1 is 1.00 bits per heavy atom. The number of nitrogens with one attached hydrogen (secondary N) is 1. The van der Waals surface area contributed by atoms with Crippen molar-refractivity contribution in [1.29, 1.82) is 0 Å². The summed E-state index contributed by atoms with van der Waals surface area (Å²) in [5.41, 5.74) is 3.31. The molecule has 3 rings (SSSR count). The first-order valence-electron chi connectivity index (χ1n) is 8.18. The van der Waals surface area contributed by atoms with Crippen LogP contribution in [0.4, 0.5) is 16.2 Å². The van der Waals surface area contributed by atoms with Gasteiger partial charge in [-0.2, -0.15) is 0 Å². The van der Waals surface area contributed by atoms with Crippen LogP contribution in [0.25, 0.3) is 0 Å². The summed E-state index contributed by atoms with van der Waals surface area (Å²) < 4.78 is 5.13. The highest BCUT2D eigenvalue weighted by Gasteiger charge is 2.21. The first-order chi connectivity index (χ1) is 11.7. The zero-order valence-electron chi connectivity index (χ0n) is 14.2. The monoisotopic (exact) mass is 325 g/mol. The number of piperazine rings is 1. The van der Waals surface area contributed by atoms with Crippen LogP contribution < -0.4 is 15.0 Å². The van der Waals surface area contributed by atoms with E-state index in [2.05, 4.69) is 41.4 Å². The highest BCUT2D eigenvalue weighted by Crippen LogP contribution is 2.21. The minimum Gasteiger partial charge on any atom is -0.497 e. The van der Waals surface area contributed by atoms with Crippen molar-refractivity contribution in [2.45, 2.75) is 6.92 Å². The summed E-state index contributed by atoms with van der Waals surface area (Å²) in [6.45, 7) is 5.26. The van der Waals surface area contributed by atoms with Gasteiger partial charge in [0.15, 0.2) is 0 Å². The lowest BCUT2D eigenvalue weighted by Crippen LogP contribution is -2.50. The maximum atomic E-state index is 12.4. The van der Waals surface area contributed by atoms with E-state index in [0.29, 0.717) is 0 Å². The SMILES string of the molecule is COc1ccc(NC(=O)N2CCN(c3ccccc3C)CC2)cc1. The normalized spacial score (nSPS) is 14.4. The largest absolute Gasteiger partial charge is 0.497 e. The topological polar surface area (TPSA) is 44.8 Å². The predicted octanol–water partition coefficient (Wildman–Crippen LogP) is 3.36. The molecule has 1 aliphatic heterocycles. The van der Waals surface area contributed by atoms with E-state index in [1.54, 1.807) is 7.11 Å². The van der Waals surface area contributed by atoms with Gasteiger partial charge in [0.2, 0.25) is 0 Å². The van der Waals surface area contributed by atoms with Crippen LogP contribution in [0.5, 0.6) is 5.75 Å². The van der Waals surface area contributed by atoms with Crippen LogP contribution in [0.1, 0.15) is 5.56 Å². The fraction of sp³-hybridized carbons (Fsp3) is 0.316. The van der Waals surface area contributed by atoms with Gasteiger partial charge < -0.3 is 19.9 Å². The molecule has 0 aliphatic carbocycles. The number of anilines is 2. The van der Waals surface area contributed by atoms with Gasteiger partial charge in [-0.15, -0.1) is 0 Å². The van der Waals surface area contributed by atoms with Crippen LogP contribution in [0, 0.1) is 6.92 Å². The second kappa shape index (κ2) is 7.25. The fourth-order valence-corrected chi connectivity index (χ4v) is 2.95. The quantitative estimate of drug-likeness (QED) is 0.941. The standard InChI is InChI=1S/C19H23N3O2/c1-15-5-3-4-6-18(15)21-11-13-22(14-12-21)19(23)20-16-7-9-17(24-2)10-8-16/h3-10H,11-14H2,1-2H3,(H,20,23). The van der Waals surface area contributed by atoms with Crippen LogP contribution in [0.2, 0.25) is 0 Å². The summed E-state index contributed by atoms with van der Waals surface area (Å²) in [5, 5.41) is 2.94. The van der Waals surface area contributed by atoms with E-state index in [1.807, 2.05) is 29.2 Å². The molecule has 1 aliphatic rings. The fourth-order valence-electron chi connectivity index (χ4n) is 2.95. The zero-order chi connectivity index (χ0) is 16.9. The number of hydrogen-bond acceptors (Lipinski definition) is 3. The van der Waals surface area contributed by atoms with Crippen molar-refractivity contribution >= 4 is 17.4 Å². The van der Waals surface area contributed by atoms with Gasteiger partial charge in [0, 0.05) is 37.6 Å². The second-order valence-electron chi connectivity index (χ2n) is 5.92. The third-order valence-corrected chi connectivity index (χ3v) is 4.36. The Balaban J connectivity index is 1.56. The minimum atomic E-state index is -0.0513. The molecular weight excluding hydrogens is 302 g/mol. The smallest absolute Gasteiger partial charge is 0.321 e. The van der Waals surface area contributed by atoms with E-state index < -0.39 is 0 Å². The third kappa shape index (κ3) is 3.62. The molecule has 0 unspecified atom stereocenters. The summed E-state index contributed by atoms with van der Waals surface area (Å²) in [6.07, 6.45) is 0. The summed E-state index contributed by atoms with van der Waals surface area (Å²) in [6, 6.07) is 15.7. The van der Waals surface area contributed by atoms with Crippen molar-refractivity contribution in [1.82, 2.24) is 4.90 Å². The number of hydrogen-bond donors (Lipinski definition) is 1. The number of benzene rings is 2. The lowest BCUT2D eigenvalue weighted by atomic mass is 10.1. The number of methoxy groups -OCH3 is 1. The Hall–Kier alpha value is -2.69. The first kappa shape index (κ1) is 16.2. The van der Waals surface area contributed by atoms with Crippen molar-refractivity contribution in [3.8, 4) is 5.75 Å². The van der Waals surface area contributed by atoms with E-state index >= 15 is 0 Å². The predicted molar refractivity (Wildman–Crippen MR) is 97.0 cm³/mol. The molecule has 1 N–H and O–H groups in total. The van der Waals surface area contributed by atoms with Crippen molar-refractivity contribution in [2.24, 2.45) is 0 Å². The molecule has 0 aromatic heterocycles. The van der Waals surface area contributed by atoms with E-state index in [1.165, 1.54) is 11.3 Å². The Labute approximate surface area is 142 Å². The summed E-state index contributed by atoms with van der Waals surface area (Å²) >= 11 is 0. The van der Waals surface area contributed by atoms with Gasteiger partial charge in [0.25, 0.3) is 0 Å². The molecule has 5 heteroatoms. The highest BCUT2D eigenvalue weighted by molar-refractivity contribution is 5.89. The average Bonchev–Trinajstić information content (AvgIpc) is 2.63. The molecule has 0 atom stereocenters. The van der Waals surface area contributed by atoms with E-state index in [-0.39, 0.29) is 6.03 Å². The minimum absolute atomic E-state index is 0.0513. The van der Waals surface area contributed by atoms with Crippen molar-refractivity contribution in [3.63, 3.8) is 0 Å². The Morgan fingerprint density at radius 3 is 2.29 bits per heavy atom. The third-order valence-electron chi connectivity index (χ3n) is 4.36. The maximum Gasteiger partial charge on any atom is 0.321 e. The molecule has 1 saturated heterocycles. The van der Waals surface area contributed by atoms with Gasteiger partial charge in [-0.1, -0.05) is 18.2 Å². The number of carbonyl (C=O) groups is 1. The van der Waals surface area contributed by atoms with Gasteiger partial charge in [-0.25, -0.2) is 4.79 Å². The molecule has 0 spiro atoms. The summed E-state index contributed by atoms with van der Waals surface area (Å²) in [5.74, 6) is 0.778. The van der Waals surface area contributed by atoms with Crippen LogP contribution in [-0.2, 0) is 0 Å². The number of nitrogens with zero attached hydrogens (tertiary/aromatic N) is 2. The lowest BCUT2D eigenvalue weighted by Gasteiger charge is -2.36. The zero-order valence-corrected chi connectivity index (χ0v) is 14.2. The Morgan fingerprint density at radius 2 is 1.67 bits per heavy atom. The van der Waals surface area contributed by atoms with Crippen LogP contribution in [-0.4, -0.2) is 44.2 Å². The number of aryl methyl sites for hydroxylation is 1. The number of carbonyl (C=O) groups excluding carboxylic acids is 1. The van der Waals surface area contributed by atoms with Crippen molar-refractivity contribution in [2.75, 3.05) is 43.5 Å². The molecular formula is C19H23N3O2. The van der Waals surface area contributed by atoms with Crippen LogP contribution in [0.3, 0.4) is 0 Å². The molecule has 1 heterocycles. The number of urea groups is 1. The van der Waals surface area contributed by atoms with E-state index in [0.717, 1.165) is 37.6 Å². The van der Waals surface area contributed by atoms with E-state index in [9.17, 15) is 4.79 Å². The number of para-hydroxylation sites is 1. The molecule has 126 valence electrons. The number of amides is 2. The molecule has 0 saturated carbocycles. The molecule has 1 fully saturated rings. The van der Waals surface area contributed by atoms with Gasteiger partial charge in [0.1, 0.15) is 5.75 Å². The van der Waals surface area contributed by atoms with Gasteiger partial charge in [-0.3, -0.25) is 0 Å².